The molecule has 0 radical (unpaired) electrons. The fourth-order valence-corrected chi connectivity index (χ4v) is 5.10. The second kappa shape index (κ2) is 12.0. The maximum Gasteiger partial charge on any atom is 0.271 e. The van der Waals surface area contributed by atoms with Crippen LogP contribution < -0.4 is 10.6 Å². The lowest BCUT2D eigenvalue weighted by atomic mass is 10.0. The number of likely N-dealkylation sites (tertiary alicyclic amines) is 1. The van der Waals surface area contributed by atoms with Gasteiger partial charge >= 0.3 is 0 Å². The Morgan fingerprint density at radius 2 is 2.03 bits per heavy atom. The summed E-state index contributed by atoms with van der Waals surface area (Å²) in [5, 5.41) is 14.4. The molecule has 0 aromatic carbocycles. The lowest BCUT2D eigenvalue weighted by Gasteiger charge is -2.34. The third-order valence-corrected chi connectivity index (χ3v) is 7.36. The zero-order valence-electron chi connectivity index (χ0n) is 20.6. The quantitative estimate of drug-likeness (QED) is 0.384. The number of carbonyl (C=O) groups excluding carboxylic acids is 2. The van der Waals surface area contributed by atoms with Crippen molar-refractivity contribution < 1.29 is 18.8 Å². The largest absolute Gasteiger partial charge is 0.383 e. The van der Waals surface area contributed by atoms with E-state index in [0.29, 0.717) is 40.7 Å². The van der Waals surface area contributed by atoms with E-state index in [1.807, 2.05) is 6.07 Å². The molecule has 0 unspecified atom stereocenters. The summed E-state index contributed by atoms with van der Waals surface area (Å²) in [5.74, 6) is -0.0659. The molecule has 0 bridgehead atoms. The third-order valence-electron chi connectivity index (χ3n) is 6.12. The average molecular weight is 535 g/mol. The van der Waals surface area contributed by atoms with Crippen molar-refractivity contribution in [2.45, 2.75) is 45.3 Å². The molecule has 0 spiro atoms. The molecule has 0 saturated carbocycles. The minimum absolute atomic E-state index is 0.0667. The first-order valence-corrected chi connectivity index (χ1v) is 13.1. The van der Waals surface area contributed by atoms with E-state index in [1.54, 1.807) is 19.2 Å². The molecule has 4 heterocycles. The van der Waals surface area contributed by atoms with E-state index in [1.165, 1.54) is 22.1 Å². The van der Waals surface area contributed by atoms with Crippen molar-refractivity contribution >= 4 is 34.8 Å². The Morgan fingerprint density at radius 3 is 2.69 bits per heavy atom. The van der Waals surface area contributed by atoms with Gasteiger partial charge in [-0.3, -0.25) is 14.3 Å². The Morgan fingerprint density at radius 1 is 1.25 bits per heavy atom. The summed E-state index contributed by atoms with van der Waals surface area (Å²) in [7, 11) is 1.56. The van der Waals surface area contributed by atoms with E-state index >= 15 is 0 Å². The molecule has 4 rings (SSSR count). The van der Waals surface area contributed by atoms with Gasteiger partial charge in [0.15, 0.2) is 11.5 Å². The first-order chi connectivity index (χ1) is 17.3. The molecule has 0 aliphatic carbocycles. The van der Waals surface area contributed by atoms with Crippen molar-refractivity contribution in [3.05, 3.63) is 45.7 Å². The van der Waals surface area contributed by atoms with E-state index in [4.69, 9.17) is 20.9 Å². The number of nitrogens with one attached hydrogen (secondary N) is 2. The molecule has 1 fully saturated rings. The monoisotopic (exact) mass is 534 g/mol. The number of rotatable bonds is 10. The van der Waals surface area contributed by atoms with E-state index in [0.717, 1.165) is 30.8 Å². The van der Waals surface area contributed by atoms with Crippen LogP contribution in [-0.2, 0) is 11.3 Å². The lowest BCUT2D eigenvalue weighted by molar-refractivity contribution is 0.0889. The summed E-state index contributed by atoms with van der Waals surface area (Å²) in [6.07, 6.45) is 1.75. The highest BCUT2D eigenvalue weighted by molar-refractivity contribution is 7.19. The van der Waals surface area contributed by atoms with Crippen LogP contribution in [0.2, 0.25) is 4.34 Å². The van der Waals surface area contributed by atoms with Crippen molar-refractivity contribution in [3.8, 4) is 10.6 Å². The maximum absolute atomic E-state index is 13.3. The molecule has 1 saturated heterocycles. The van der Waals surface area contributed by atoms with Gasteiger partial charge in [0.1, 0.15) is 11.4 Å². The summed E-state index contributed by atoms with van der Waals surface area (Å²) in [4.78, 5) is 29.1. The summed E-state index contributed by atoms with van der Waals surface area (Å²) in [5.41, 5.74) is 1.02. The van der Waals surface area contributed by atoms with Crippen molar-refractivity contribution in [1.29, 1.82) is 0 Å². The second-order valence-electron chi connectivity index (χ2n) is 8.98. The van der Waals surface area contributed by atoms with Crippen LogP contribution in [0.4, 0.5) is 0 Å². The number of aromatic nitrogens is 3. The van der Waals surface area contributed by atoms with Crippen LogP contribution in [-0.4, -0.2) is 77.1 Å². The number of carbonyl (C=O) groups is 2. The van der Waals surface area contributed by atoms with Crippen molar-refractivity contribution in [3.63, 3.8) is 0 Å². The summed E-state index contributed by atoms with van der Waals surface area (Å²) in [6, 6.07) is 7.50. The van der Waals surface area contributed by atoms with Crippen molar-refractivity contribution in [2.24, 2.45) is 0 Å². The molecule has 12 heteroatoms. The minimum Gasteiger partial charge on any atom is -0.383 e. The van der Waals surface area contributed by atoms with Gasteiger partial charge in [-0.1, -0.05) is 16.8 Å². The van der Waals surface area contributed by atoms with Gasteiger partial charge in [0.05, 0.1) is 22.4 Å². The summed E-state index contributed by atoms with van der Waals surface area (Å²) < 4.78 is 12.6. The van der Waals surface area contributed by atoms with Crippen LogP contribution in [0.3, 0.4) is 0 Å². The predicted molar refractivity (Wildman–Crippen MR) is 138 cm³/mol. The van der Waals surface area contributed by atoms with E-state index < -0.39 is 0 Å². The highest BCUT2D eigenvalue weighted by atomic mass is 35.5. The highest BCUT2D eigenvalue weighted by Gasteiger charge is 2.26. The fraction of sp³-hybridized carbons (Fsp3) is 0.500. The van der Waals surface area contributed by atoms with E-state index in [2.05, 4.69) is 39.6 Å². The number of nitrogens with zero attached hydrogens (tertiary/aromatic N) is 4. The van der Waals surface area contributed by atoms with Gasteiger partial charge in [0.2, 0.25) is 0 Å². The van der Waals surface area contributed by atoms with Crippen LogP contribution in [0.15, 0.2) is 28.8 Å². The average Bonchev–Trinajstić information content (AvgIpc) is 3.60. The first kappa shape index (κ1) is 26.3. The van der Waals surface area contributed by atoms with Gasteiger partial charge in [0.25, 0.3) is 11.8 Å². The first-order valence-electron chi connectivity index (χ1n) is 11.9. The van der Waals surface area contributed by atoms with Gasteiger partial charge in [-0.05, 0) is 38.8 Å². The zero-order valence-corrected chi connectivity index (χ0v) is 22.2. The smallest absolute Gasteiger partial charge is 0.271 e. The maximum atomic E-state index is 13.3. The predicted octanol–water partition coefficient (Wildman–Crippen LogP) is 3.28. The van der Waals surface area contributed by atoms with Gasteiger partial charge < -0.3 is 24.8 Å². The Balaban J connectivity index is 1.51. The van der Waals surface area contributed by atoms with Gasteiger partial charge in [0, 0.05) is 51.0 Å². The fourth-order valence-electron chi connectivity index (χ4n) is 4.11. The van der Waals surface area contributed by atoms with Crippen molar-refractivity contribution in [1.82, 2.24) is 30.5 Å². The van der Waals surface area contributed by atoms with E-state index in [-0.39, 0.29) is 30.1 Å². The molecule has 3 aromatic heterocycles. The Hall–Kier alpha value is -2.73. The van der Waals surface area contributed by atoms with Crippen LogP contribution in [0.1, 0.15) is 53.4 Å². The van der Waals surface area contributed by atoms with Crippen LogP contribution >= 0.6 is 22.9 Å². The molecule has 3 aromatic rings. The molecular formula is C24H31ClN6O4S. The summed E-state index contributed by atoms with van der Waals surface area (Å²) >= 11 is 7.42. The number of methoxy groups -OCH3 is 1. The van der Waals surface area contributed by atoms with Gasteiger partial charge in [-0.15, -0.1) is 11.3 Å². The second-order valence-corrected chi connectivity index (χ2v) is 10.7. The van der Waals surface area contributed by atoms with Crippen LogP contribution in [0, 0.1) is 0 Å². The van der Waals surface area contributed by atoms with Gasteiger partial charge in [-0.2, -0.15) is 5.10 Å². The standard InChI is InChI=1S/C24H31ClN6O4S/c1-15(2)30-9-6-16(7-10-30)27-24(33)19-13-18(23(32)26-8-11-34-3)28-31(19)14-17-12-20(35-29-17)21-4-5-22(25)36-21/h4-5,12-13,15-16H,6-11,14H2,1-3H3,(H,26,32)(H,27,33). The Bertz CT molecular complexity index is 1180. The van der Waals surface area contributed by atoms with Crippen LogP contribution in [0.5, 0.6) is 0 Å². The molecular weight excluding hydrogens is 504 g/mol. The molecule has 1 aliphatic rings. The van der Waals surface area contributed by atoms with Crippen molar-refractivity contribution in [2.75, 3.05) is 33.4 Å². The minimum atomic E-state index is -0.376. The molecule has 1 aliphatic heterocycles. The third kappa shape index (κ3) is 6.52. The topological polar surface area (TPSA) is 115 Å². The number of thiophene rings is 1. The number of amides is 2. The zero-order chi connectivity index (χ0) is 25.7. The molecule has 36 heavy (non-hydrogen) atoms. The van der Waals surface area contributed by atoms with E-state index in [9.17, 15) is 9.59 Å². The highest BCUT2D eigenvalue weighted by Crippen LogP contribution is 2.31. The number of ether oxygens (including phenoxy) is 1. The Labute approximate surface area is 218 Å². The molecule has 194 valence electrons. The number of piperidine rings is 1. The normalized spacial score (nSPS) is 14.9. The number of hydrogen-bond acceptors (Lipinski definition) is 8. The Kier molecular flexibility index (Phi) is 8.78. The van der Waals surface area contributed by atoms with Gasteiger partial charge in [-0.25, -0.2) is 0 Å². The molecule has 2 amide bonds. The SMILES string of the molecule is COCCNC(=O)c1cc(C(=O)NC2CCN(C(C)C)CC2)n(Cc2cc(-c3ccc(Cl)s3)on2)n1. The lowest BCUT2D eigenvalue weighted by Crippen LogP contribution is -2.46. The molecule has 0 atom stereocenters. The van der Waals surface area contributed by atoms with Crippen LogP contribution in [0.25, 0.3) is 10.6 Å². The number of hydrogen-bond donors (Lipinski definition) is 2. The summed E-state index contributed by atoms with van der Waals surface area (Å²) in [6.45, 7) is 7.12. The molecule has 2 N–H and O–H groups in total. The molecule has 10 nitrogen and oxygen atoms in total. The number of halogens is 1.